The second-order valence-electron chi connectivity index (χ2n) is 3.57. The fourth-order valence-corrected chi connectivity index (χ4v) is 1.49. The lowest BCUT2D eigenvalue weighted by Crippen LogP contribution is -2.18. The van der Waals surface area contributed by atoms with E-state index in [1.807, 2.05) is 0 Å². The zero-order valence-electron chi connectivity index (χ0n) is 9.90. The maximum absolute atomic E-state index is 11.0. The van der Waals surface area contributed by atoms with Gasteiger partial charge in [0.25, 0.3) is 0 Å². The monoisotopic (exact) mass is 271 g/mol. The van der Waals surface area contributed by atoms with Crippen LogP contribution in [0.2, 0.25) is 5.02 Å². The molecule has 1 amide bonds. The zero-order chi connectivity index (χ0) is 13.5. The smallest absolute Gasteiger partial charge is 0.339 e. The van der Waals surface area contributed by atoms with Crippen LogP contribution < -0.4 is 10.1 Å². The van der Waals surface area contributed by atoms with E-state index in [0.29, 0.717) is 17.9 Å². The summed E-state index contributed by atoms with van der Waals surface area (Å²) in [5.41, 5.74) is 0.0549. The largest absolute Gasteiger partial charge is 0.493 e. The van der Waals surface area contributed by atoms with Crippen molar-refractivity contribution >= 4 is 23.5 Å². The number of nitrogens with one attached hydrogen (secondary N) is 1. The molecule has 2 N–H and O–H groups in total. The number of carboxylic acid groups (broad SMARTS) is 1. The van der Waals surface area contributed by atoms with Crippen molar-refractivity contribution in [2.75, 3.05) is 13.7 Å². The van der Waals surface area contributed by atoms with Crippen molar-refractivity contribution in [2.24, 2.45) is 0 Å². The van der Waals surface area contributed by atoms with Gasteiger partial charge in [0, 0.05) is 18.5 Å². The highest BCUT2D eigenvalue weighted by Crippen LogP contribution is 2.23. The van der Waals surface area contributed by atoms with Gasteiger partial charge in [0.2, 0.25) is 5.91 Å². The Bertz CT molecular complexity index is 448. The average Bonchev–Trinajstić information content (AvgIpc) is 2.34. The van der Waals surface area contributed by atoms with Gasteiger partial charge < -0.3 is 15.2 Å². The van der Waals surface area contributed by atoms with Crippen LogP contribution in [0.1, 0.15) is 23.2 Å². The number of aromatic carboxylic acids is 1. The molecule has 98 valence electrons. The van der Waals surface area contributed by atoms with Gasteiger partial charge in [-0.3, -0.25) is 4.79 Å². The Morgan fingerprint density at radius 1 is 1.44 bits per heavy atom. The summed E-state index contributed by atoms with van der Waals surface area (Å²) in [7, 11) is 1.56. The van der Waals surface area contributed by atoms with Crippen LogP contribution in [0.3, 0.4) is 0 Å². The normalized spacial score (nSPS) is 9.89. The molecule has 0 unspecified atom stereocenters. The lowest BCUT2D eigenvalue weighted by atomic mass is 10.2. The summed E-state index contributed by atoms with van der Waals surface area (Å²) in [6, 6.07) is 4.33. The third-order valence-electron chi connectivity index (χ3n) is 2.26. The fraction of sp³-hybridized carbons (Fsp3) is 0.333. The van der Waals surface area contributed by atoms with Crippen LogP contribution >= 0.6 is 11.6 Å². The summed E-state index contributed by atoms with van der Waals surface area (Å²) < 4.78 is 5.33. The SMILES string of the molecule is CNC(=O)CCCOc1cc(Cl)ccc1C(=O)O. The van der Waals surface area contributed by atoms with Crippen molar-refractivity contribution in [3.05, 3.63) is 28.8 Å². The summed E-state index contributed by atoms with van der Waals surface area (Å²) >= 11 is 5.77. The topological polar surface area (TPSA) is 75.6 Å². The first-order valence-corrected chi connectivity index (χ1v) is 5.78. The molecule has 1 aromatic rings. The molecule has 1 aromatic carbocycles. The van der Waals surface area contributed by atoms with Gasteiger partial charge in [0.1, 0.15) is 11.3 Å². The van der Waals surface area contributed by atoms with E-state index in [1.54, 1.807) is 7.05 Å². The minimum absolute atomic E-state index is 0.0549. The van der Waals surface area contributed by atoms with E-state index in [4.69, 9.17) is 21.4 Å². The van der Waals surface area contributed by atoms with E-state index in [1.165, 1.54) is 18.2 Å². The van der Waals surface area contributed by atoms with E-state index >= 15 is 0 Å². The van der Waals surface area contributed by atoms with E-state index < -0.39 is 5.97 Å². The van der Waals surface area contributed by atoms with Crippen molar-refractivity contribution in [3.63, 3.8) is 0 Å². The van der Waals surface area contributed by atoms with Gasteiger partial charge in [-0.2, -0.15) is 0 Å². The molecule has 0 spiro atoms. The first kappa shape index (κ1) is 14.3. The molecule has 0 aromatic heterocycles. The fourth-order valence-electron chi connectivity index (χ4n) is 1.33. The first-order chi connectivity index (χ1) is 8.54. The van der Waals surface area contributed by atoms with E-state index in [-0.39, 0.29) is 23.8 Å². The van der Waals surface area contributed by atoms with Crippen LogP contribution in [0.4, 0.5) is 0 Å². The maximum atomic E-state index is 11.0. The second-order valence-corrected chi connectivity index (χ2v) is 4.01. The van der Waals surface area contributed by atoms with Crippen LogP contribution in [-0.4, -0.2) is 30.6 Å². The highest BCUT2D eigenvalue weighted by molar-refractivity contribution is 6.30. The van der Waals surface area contributed by atoms with Crippen molar-refractivity contribution in [2.45, 2.75) is 12.8 Å². The number of hydrogen-bond acceptors (Lipinski definition) is 3. The van der Waals surface area contributed by atoms with E-state index in [0.717, 1.165) is 0 Å². The molecular formula is C12H14ClNO4. The predicted molar refractivity (Wildman–Crippen MR) is 67.2 cm³/mol. The summed E-state index contributed by atoms with van der Waals surface area (Å²) in [6.45, 7) is 0.258. The summed E-state index contributed by atoms with van der Waals surface area (Å²) in [5.74, 6) is -0.942. The standard InChI is InChI=1S/C12H14ClNO4/c1-14-11(15)3-2-6-18-10-7-8(13)4-5-9(10)12(16)17/h4-5,7H,2-3,6H2,1H3,(H,14,15)(H,16,17). The molecule has 0 saturated carbocycles. The number of benzene rings is 1. The Balaban J connectivity index is 2.58. The number of carboxylic acids is 1. The van der Waals surface area contributed by atoms with Crippen molar-refractivity contribution in [1.29, 1.82) is 0 Å². The third-order valence-corrected chi connectivity index (χ3v) is 2.49. The molecular weight excluding hydrogens is 258 g/mol. The van der Waals surface area contributed by atoms with Gasteiger partial charge in [-0.15, -0.1) is 0 Å². The Morgan fingerprint density at radius 3 is 2.78 bits per heavy atom. The number of amides is 1. The number of hydrogen-bond donors (Lipinski definition) is 2. The van der Waals surface area contributed by atoms with Crippen LogP contribution in [-0.2, 0) is 4.79 Å². The first-order valence-electron chi connectivity index (χ1n) is 5.41. The lowest BCUT2D eigenvalue weighted by Gasteiger charge is -2.09. The van der Waals surface area contributed by atoms with Gasteiger partial charge in [-0.25, -0.2) is 4.79 Å². The van der Waals surface area contributed by atoms with Crippen LogP contribution in [0.5, 0.6) is 5.75 Å². The summed E-state index contributed by atoms with van der Waals surface area (Å²) in [4.78, 5) is 21.9. The van der Waals surface area contributed by atoms with Crippen molar-refractivity contribution in [3.8, 4) is 5.75 Å². The molecule has 0 aliphatic heterocycles. The molecule has 0 fully saturated rings. The second kappa shape index (κ2) is 6.86. The van der Waals surface area contributed by atoms with Crippen LogP contribution in [0.15, 0.2) is 18.2 Å². The van der Waals surface area contributed by atoms with Gasteiger partial charge in [-0.1, -0.05) is 11.6 Å². The minimum atomic E-state index is -1.08. The molecule has 0 radical (unpaired) electrons. The minimum Gasteiger partial charge on any atom is -0.493 e. The molecule has 18 heavy (non-hydrogen) atoms. The Morgan fingerprint density at radius 2 is 2.17 bits per heavy atom. The van der Waals surface area contributed by atoms with Gasteiger partial charge in [-0.05, 0) is 24.6 Å². The van der Waals surface area contributed by atoms with Crippen molar-refractivity contribution < 1.29 is 19.4 Å². The molecule has 6 heteroatoms. The molecule has 1 rings (SSSR count). The van der Waals surface area contributed by atoms with Gasteiger partial charge in [0.15, 0.2) is 0 Å². The lowest BCUT2D eigenvalue weighted by molar-refractivity contribution is -0.120. The number of carbonyl (C=O) groups excluding carboxylic acids is 1. The van der Waals surface area contributed by atoms with E-state index in [2.05, 4.69) is 5.32 Å². The molecule has 0 aliphatic carbocycles. The van der Waals surface area contributed by atoms with Gasteiger partial charge >= 0.3 is 5.97 Å². The predicted octanol–water partition coefficient (Wildman–Crippen LogP) is 1.94. The number of ether oxygens (including phenoxy) is 1. The molecule has 0 aliphatic rings. The van der Waals surface area contributed by atoms with Crippen LogP contribution in [0.25, 0.3) is 0 Å². The highest BCUT2D eigenvalue weighted by atomic mass is 35.5. The van der Waals surface area contributed by atoms with Gasteiger partial charge in [0.05, 0.1) is 6.61 Å². The number of carbonyl (C=O) groups is 2. The average molecular weight is 272 g/mol. The highest BCUT2D eigenvalue weighted by Gasteiger charge is 2.11. The Hall–Kier alpha value is -1.75. The van der Waals surface area contributed by atoms with E-state index in [9.17, 15) is 9.59 Å². The summed E-state index contributed by atoms with van der Waals surface area (Å²) in [5, 5.41) is 11.8. The molecule has 0 saturated heterocycles. The van der Waals surface area contributed by atoms with Crippen LogP contribution in [0, 0.1) is 0 Å². The quantitative estimate of drug-likeness (QED) is 0.776. The van der Waals surface area contributed by atoms with Crippen molar-refractivity contribution in [1.82, 2.24) is 5.32 Å². The molecule has 0 atom stereocenters. The molecule has 0 heterocycles. The third kappa shape index (κ3) is 4.25. The Kier molecular flexibility index (Phi) is 5.45. The number of halogens is 1. The zero-order valence-corrected chi connectivity index (χ0v) is 10.7. The molecule has 5 nitrogen and oxygen atoms in total. The number of rotatable bonds is 6. The Labute approximate surface area is 110 Å². The molecule has 0 bridgehead atoms. The summed E-state index contributed by atoms with van der Waals surface area (Å²) in [6.07, 6.45) is 0.838. The maximum Gasteiger partial charge on any atom is 0.339 e.